The Morgan fingerprint density at radius 1 is 0.444 bits per heavy atom. The summed E-state index contributed by atoms with van der Waals surface area (Å²) in [7, 11) is 0. The summed E-state index contributed by atoms with van der Waals surface area (Å²) in [6, 6.07) is -3.55. The van der Waals surface area contributed by atoms with Gasteiger partial charge in [0, 0.05) is 13.8 Å². The zero-order valence-corrected chi connectivity index (χ0v) is 44.4. The molecule has 0 aromatic heterocycles. The fourth-order valence-electron chi connectivity index (χ4n) is 10.1. The van der Waals surface area contributed by atoms with Crippen molar-refractivity contribution in [3.63, 3.8) is 0 Å². The van der Waals surface area contributed by atoms with Gasteiger partial charge in [-0.3, -0.25) is 9.59 Å². The van der Waals surface area contributed by atoms with Crippen LogP contribution >= 0.6 is 0 Å². The van der Waals surface area contributed by atoms with E-state index in [4.69, 9.17) is 56.8 Å². The average Bonchev–Trinajstić information content (AvgIpc) is 3.48. The standard InChI is InChI=1S/C46H80N2O33/c1-11-22(56)28(62)33(67)42(71-11)79-38-21(48-15(5)54)41(76-20(9-52)37(38)78-46-40(32(66)27(61)19(8-51)75-46)81-44-35(69)30(64)24(58)13(3)73-44)70-10-17(55)25(59)36(16(6-49)47-14(4)53)77-45-39(31(65)26(60)18(7-50)74-45)80-43-34(68)29(63)23(57)12(2)72-43/h11-13,16-46,49-52,55-69H,6-10H2,1-5H3,(H,47,53)(H,48,54)/t11-,12-,13-,16-,17+,18+,19+,20+,21+,22+,23+,24+,25-,26-,27-,28+,29+,30+,31-,32-,33-,34-,35-,36+,37+,38+,39+,40+,41+,42-,43-,44-,45-,46-/m0/s1. The van der Waals surface area contributed by atoms with Crippen molar-refractivity contribution in [2.75, 3.05) is 33.0 Å². The summed E-state index contributed by atoms with van der Waals surface area (Å²) in [5.74, 6) is -1.74. The Morgan fingerprint density at radius 2 is 0.840 bits per heavy atom. The Bertz CT molecular complexity index is 1960. The van der Waals surface area contributed by atoms with Crippen LogP contribution in [0.5, 0.6) is 0 Å². The fourth-order valence-corrected chi connectivity index (χ4v) is 10.1. The maximum atomic E-state index is 13.1. The van der Waals surface area contributed by atoms with Crippen LogP contribution in [-0.4, -0.2) is 350 Å². The number of ether oxygens (including phenoxy) is 12. The van der Waals surface area contributed by atoms with Gasteiger partial charge in [0.15, 0.2) is 37.7 Å². The fraction of sp³-hybridized carbons (Fsp3) is 0.957. The molecule has 0 radical (unpaired) electrons. The first-order valence-electron chi connectivity index (χ1n) is 26.1. The number of amides is 2. The number of carbonyl (C=O) groups excluding carboxylic acids is 2. The number of carbonyl (C=O) groups is 2. The average molecular weight is 1190 g/mol. The summed E-state index contributed by atoms with van der Waals surface area (Å²) in [5.41, 5.74) is 0. The van der Waals surface area contributed by atoms with E-state index in [2.05, 4.69) is 10.6 Å². The van der Waals surface area contributed by atoms with Crippen LogP contribution in [-0.2, 0) is 66.4 Å². The Balaban J connectivity index is 1.33. The molecule has 6 aliphatic heterocycles. The van der Waals surface area contributed by atoms with Crippen molar-refractivity contribution in [1.82, 2.24) is 10.6 Å². The summed E-state index contributed by atoms with van der Waals surface area (Å²) in [5, 5.41) is 210. The van der Waals surface area contributed by atoms with Crippen LogP contribution in [0.1, 0.15) is 34.6 Å². The van der Waals surface area contributed by atoms with Gasteiger partial charge in [-0.2, -0.15) is 0 Å². The molecule has 21 N–H and O–H groups in total. The SMILES string of the molecule is CC(=O)N[C@H]1[C@H](OC[C@@H](O)[C@H](O)[C@H](O[C@@H]2O[C@H](CO)[C@H](O)[C@H](O)[C@H]2O[C@@H]2O[C@@H](C)[C@@H](O)[C@@H](O)[C@@H]2O)[C@H](CO)NC(C)=O)O[C@H](CO)[C@@H](O[C@@H]2O[C@H](CO)[C@H](O)[C@H](O)[C@H]2O[C@@H]2O[C@@H](C)[C@@H](O)[C@@H](O)[C@@H]2O)[C@@H]1O[C@@H]1O[C@@H](C)[C@@H](O)[C@@H](O)[C@@H]1O. The molecule has 6 saturated heterocycles. The Labute approximate surface area is 461 Å². The molecule has 81 heavy (non-hydrogen) atoms. The van der Waals surface area contributed by atoms with Gasteiger partial charge in [0.1, 0.15) is 146 Å². The molecule has 6 rings (SSSR count). The number of hydrogen-bond acceptors (Lipinski definition) is 33. The number of nitrogens with one attached hydrogen (secondary N) is 2. The van der Waals surface area contributed by atoms with Crippen molar-refractivity contribution in [1.29, 1.82) is 0 Å². The quantitative estimate of drug-likeness (QED) is 0.0479. The van der Waals surface area contributed by atoms with E-state index in [1.165, 1.54) is 20.8 Å². The van der Waals surface area contributed by atoms with Crippen molar-refractivity contribution in [3.05, 3.63) is 0 Å². The maximum Gasteiger partial charge on any atom is 0.217 e. The third-order valence-corrected chi connectivity index (χ3v) is 14.9. The second-order valence-corrected chi connectivity index (χ2v) is 20.8. The van der Waals surface area contributed by atoms with Gasteiger partial charge in [0.05, 0.1) is 57.4 Å². The Hall–Kier alpha value is -2.30. The van der Waals surface area contributed by atoms with Crippen molar-refractivity contribution in [2.45, 2.75) is 243 Å². The summed E-state index contributed by atoms with van der Waals surface area (Å²) < 4.78 is 70.3. The van der Waals surface area contributed by atoms with E-state index in [1.807, 2.05) is 0 Å². The second kappa shape index (κ2) is 29.4. The largest absolute Gasteiger partial charge is 0.394 e. The predicted molar refractivity (Wildman–Crippen MR) is 253 cm³/mol. The van der Waals surface area contributed by atoms with Gasteiger partial charge in [0.25, 0.3) is 0 Å². The van der Waals surface area contributed by atoms with E-state index in [9.17, 15) is 107 Å². The molecule has 0 unspecified atom stereocenters. The molecular formula is C46H80N2O33. The van der Waals surface area contributed by atoms with Crippen LogP contribution < -0.4 is 10.6 Å². The van der Waals surface area contributed by atoms with Crippen molar-refractivity contribution < 1.29 is 163 Å². The summed E-state index contributed by atoms with van der Waals surface area (Å²) >= 11 is 0. The third-order valence-electron chi connectivity index (χ3n) is 14.9. The zero-order valence-electron chi connectivity index (χ0n) is 44.4. The molecule has 0 bridgehead atoms. The molecule has 0 aromatic carbocycles. The highest BCUT2D eigenvalue weighted by Gasteiger charge is 2.58. The molecule has 472 valence electrons. The normalized spacial score (nSPS) is 47.7. The third kappa shape index (κ3) is 15.3. The van der Waals surface area contributed by atoms with Gasteiger partial charge in [-0.25, -0.2) is 0 Å². The van der Waals surface area contributed by atoms with E-state index in [1.54, 1.807) is 0 Å². The van der Waals surface area contributed by atoms with Crippen LogP contribution in [0.15, 0.2) is 0 Å². The molecule has 2 amide bonds. The zero-order chi connectivity index (χ0) is 60.2. The lowest BCUT2D eigenvalue weighted by atomic mass is 9.94. The van der Waals surface area contributed by atoms with E-state index in [0.29, 0.717) is 0 Å². The highest BCUT2D eigenvalue weighted by molar-refractivity contribution is 5.73. The van der Waals surface area contributed by atoms with E-state index < -0.39 is 253 Å². The van der Waals surface area contributed by atoms with E-state index in [-0.39, 0.29) is 0 Å². The molecule has 0 aromatic rings. The molecule has 6 fully saturated rings. The molecule has 0 saturated carbocycles. The molecule has 6 heterocycles. The number of rotatable bonds is 22. The highest BCUT2D eigenvalue weighted by Crippen LogP contribution is 2.37. The molecule has 0 spiro atoms. The van der Waals surface area contributed by atoms with Crippen LogP contribution in [0, 0.1) is 0 Å². The van der Waals surface area contributed by atoms with E-state index >= 15 is 0 Å². The lowest BCUT2D eigenvalue weighted by Crippen LogP contribution is -2.70. The van der Waals surface area contributed by atoms with Gasteiger partial charge < -0.3 is 164 Å². The molecule has 0 aliphatic carbocycles. The minimum atomic E-state index is -2.37. The molecule has 35 nitrogen and oxygen atoms in total. The lowest BCUT2D eigenvalue weighted by molar-refractivity contribution is -0.393. The molecule has 34 atom stereocenters. The number of aliphatic hydroxyl groups excluding tert-OH is 19. The minimum Gasteiger partial charge on any atom is -0.394 e. The second-order valence-electron chi connectivity index (χ2n) is 20.8. The molecular weight excluding hydrogens is 1110 g/mol. The highest BCUT2D eigenvalue weighted by atomic mass is 16.8. The van der Waals surface area contributed by atoms with Crippen LogP contribution in [0.3, 0.4) is 0 Å². The monoisotopic (exact) mass is 1190 g/mol. The van der Waals surface area contributed by atoms with Crippen LogP contribution in [0.2, 0.25) is 0 Å². The van der Waals surface area contributed by atoms with Crippen molar-refractivity contribution >= 4 is 11.8 Å². The topological polar surface area (TPSA) is 553 Å². The maximum absolute atomic E-state index is 13.1. The van der Waals surface area contributed by atoms with Crippen molar-refractivity contribution in [3.8, 4) is 0 Å². The van der Waals surface area contributed by atoms with Crippen molar-refractivity contribution in [2.24, 2.45) is 0 Å². The van der Waals surface area contributed by atoms with Gasteiger partial charge in [-0.1, -0.05) is 0 Å². The number of aliphatic hydroxyl groups is 19. The first kappa shape index (κ1) is 67.8. The Kier molecular flexibility index (Phi) is 24.6. The van der Waals surface area contributed by atoms with Crippen LogP contribution in [0.25, 0.3) is 0 Å². The minimum absolute atomic E-state index is 0.848. The number of hydrogen-bond donors (Lipinski definition) is 21. The van der Waals surface area contributed by atoms with Gasteiger partial charge in [-0.15, -0.1) is 0 Å². The van der Waals surface area contributed by atoms with Gasteiger partial charge in [-0.05, 0) is 20.8 Å². The first-order valence-corrected chi connectivity index (χ1v) is 26.1. The Morgan fingerprint density at radius 3 is 1.25 bits per heavy atom. The predicted octanol–water partition coefficient (Wildman–Crippen LogP) is -13.3. The van der Waals surface area contributed by atoms with E-state index in [0.717, 1.165) is 13.8 Å². The van der Waals surface area contributed by atoms with Gasteiger partial charge in [0.2, 0.25) is 11.8 Å². The first-order chi connectivity index (χ1) is 38.1. The lowest BCUT2D eigenvalue weighted by Gasteiger charge is -2.51. The molecule has 6 aliphatic rings. The summed E-state index contributed by atoms with van der Waals surface area (Å²) in [4.78, 5) is 25.6. The summed E-state index contributed by atoms with van der Waals surface area (Å²) in [6.07, 6.45) is -60.2. The van der Waals surface area contributed by atoms with Crippen LogP contribution in [0.4, 0.5) is 0 Å². The summed E-state index contributed by atoms with van der Waals surface area (Å²) in [6.45, 7) is 0.577. The smallest absolute Gasteiger partial charge is 0.217 e. The van der Waals surface area contributed by atoms with Gasteiger partial charge >= 0.3 is 0 Å². The molecule has 35 heteroatoms.